The van der Waals surface area contributed by atoms with E-state index in [1.165, 1.54) is 15.6 Å². The number of nitrogens with one attached hydrogen (secondary N) is 2. The standard InChI is InChI=1S/C36H47N5O8S3/c1-20(2)27-19-50-36(38-27)26-17-30(24-13-14-29(48-4)21(3)32(24)37-26)49-22-16-28-34(42)39-33-25(31(33)35(43)40-52(46,47)23-11-12-23)10-8-6-5-7-9-15-51(44,45)41(28)18-22/h13-14,17,19-20,22-23,25,28,31,33H,5-12,15-16,18H2,1-4H3,(H,39,42)(H,40,43)/t22-,25-,28+,31+,33+/m1/s1. The Morgan fingerprint density at radius 2 is 1.83 bits per heavy atom. The number of thiazole rings is 1. The third-order valence-corrected chi connectivity index (χ3v) is 15.4. The van der Waals surface area contributed by atoms with Crippen LogP contribution in [0.1, 0.15) is 88.8 Å². The number of methoxy groups -OCH3 is 1. The Morgan fingerprint density at radius 1 is 1.08 bits per heavy atom. The number of carbonyl (C=O) groups is 2. The van der Waals surface area contributed by atoms with Gasteiger partial charge in [-0.1, -0.05) is 39.5 Å². The van der Waals surface area contributed by atoms with E-state index in [9.17, 15) is 26.4 Å². The average Bonchev–Trinajstić information content (AvgIpc) is 3.96. The van der Waals surface area contributed by atoms with Crippen molar-refractivity contribution >= 4 is 54.1 Å². The molecule has 282 valence electrons. The minimum Gasteiger partial charge on any atom is -0.496 e. The van der Waals surface area contributed by atoms with E-state index >= 15 is 0 Å². The molecule has 0 spiro atoms. The quantitative estimate of drug-likeness (QED) is 0.328. The molecule has 3 aromatic rings. The third kappa shape index (κ3) is 7.53. The second-order valence-corrected chi connectivity index (χ2v) is 19.8. The number of rotatable bonds is 8. The van der Waals surface area contributed by atoms with E-state index in [0.29, 0.717) is 48.4 Å². The molecule has 5 atom stereocenters. The molecule has 7 rings (SSSR count). The second-order valence-electron chi connectivity index (χ2n) is 14.9. The van der Waals surface area contributed by atoms with Crippen LogP contribution in [-0.4, -0.2) is 85.8 Å². The van der Waals surface area contributed by atoms with Crippen LogP contribution in [0.25, 0.3) is 21.6 Å². The molecule has 2 amide bonds. The van der Waals surface area contributed by atoms with Crippen LogP contribution in [0.2, 0.25) is 0 Å². The summed E-state index contributed by atoms with van der Waals surface area (Å²) in [7, 11) is -5.99. The van der Waals surface area contributed by atoms with Gasteiger partial charge in [-0.3, -0.25) is 14.3 Å². The van der Waals surface area contributed by atoms with Gasteiger partial charge in [0.05, 0.1) is 41.8 Å². The Hall–Kier alpha value is -3.34. The Bertz CT molecular complexity index is 2080. The molecule has 2 aliphatic carbocycles. The number of amides is 2. The monoisotopic (exact) mass is 773 g/mol. The van der Waals surface area contributed by atoms with Crippen LogP contribution in [-0.2, 0) is 29.6 Å². The van der Waals surface area contributed by atoms with Gasteiger partial charge in [0.15, 0.2) is 0 Å². The first-order valence-electron chi connectivity index (χ1n) is 18.2. The molecule has 16 heteroatoms. The van der Waals surface area contributed by atoms with Crippen LogP contribution in [0.4, 0.5) is 0 Å². The maximum Gasteiger partial charge on any atom is 0.238 e. The van der Waals surface area contributed by atoms with Gasteiger partial charge in [0.2, 0.25) is 31.9 Å². The fourth-order valence-electron chi connectivity index (χ4n) is 7.59. The molecule has 2 aromatic heterocycles. The van der Waals surface area contributed by atoms with Gasteiger partial charge >= 0.3 is 0 Å². The van der Waals surface area contributed by atoms with Crippen LogP contribution >= 0.6 is 11.3 Å². The van der Waals surface area contributed by atoms with Gasteiger partial charge in [0.25, 0.3) is 0 Å². The molecule has 1 aromatic carbocycles. The number of hydrogen-bond acceptors (Lipinski definition) is 11. The lowest BCUT2D eigenvalue weighted by Gasteiger charge is -2.23. The number of pyridine rings is 1. The molecular weight excluding hydrogens is 727 g/mol. The van der Waals surface area contributed by atoms with Gasteiger partial charge in [0, 0.05) is 34.9 Å². The summed E-state index contributed by atoms with van der Waals surface area (Å²) in [5, 5.41) is 5.88. The fraction of sp³-hybridized carbons (Fsp3) is 0.611. The zero-order valence-corrected chi connectivity index (χ0v) is 32.4. The maximum atomic E-state index is 14.0. The predicted molar refractivity (Wildman–Crippen MR) is 198 cm³/mol. The normalized spacial score (nSPS) is 26.9. The summed E-state index contributed by atoms with van der Waals surface area (Å²) in [6, 6.07) is 3.90. The van der Waals surface area contributed by atoms with Crippen molar-refractivity contribution in [1.29, 1.82) is 0 Å². The smallest absolute Gasteiger partial charge is 0.238 e. The van der Waals surface area contributed by atoms with Gasteiger partial charge in [-0.15, -0.1) is 11.3 Å². The number of hydrogen-bond donors (Lipinski definition) is 2. The second kappa shape index (κ2) is 14.5. The molecule has 52 heavy (non-hydrogen) atoms. The van der Waals surface area contributed by atoms with Crippen molar-refractivity contribution in [3.05, 3.63) is 34.8 Å². The SMILES string of the molecule is COc1ccc2c(O[C@@H]3C[C@H]4C(=O)N[C@H]5[C@H](CCCCCCCS(=O)(=O)N4C3)[C@@H]5C(=O)NS(=O)(=O)C3CC3)cc(-c3nc(C(C)C)cs3)nc2c1C. The Labute approximate surface area is 309 Å². The van der Waals surface area contributed by atoms with Gasteiger partial charge < -0.3 is 14.8 Å². The van der Waals surface area contributed by atoms with E-state index < -0.39 is 61.2 Å². The highest BCUT2D eigenvalue weighted by Crippen LogP contribution is 2.45. The minimum atomic E-state index is -3.85. The first kappa shape index (κ1) is 37.0. The number of carbonyl (C=O) groups excluding carboxylic acids is 2. The highest BCUT2D eigenvalue weighted by molar-refractivity contribution is 7.91. The van der Waals surface area contributed by atoms with Crippen molar-refractivity contribution < 1.29 is 35.9 Å². The van der Waals surface area contributed by atoms with Crippen molar-refractivity contribution in [2.75, 3.05) is 19.4 Å². The number of ether oxygens (including phenoxy) is 2. The highest BCUT2D eigenvalue weighted by Gasteiger charge is 2.57. The van der Waals surface area contributed by atoms with E-state index in [-0.39, 0.29) is 30.6 Å². The largest absolute Gasteiger partial charge is 0.496 e. The first-order valence-corrected chi connectivity index (χ1v) is 22.3. The zero-order chi connectivity index (χ0) is 36.9. The number of sulfonamides is 2. The lowest BCUT2D eigenvalue weighted by molar-refractivity contribution is -0.124. The van der Waals surface area contributed by atoms with Crippen molar-refractivity contribution in [2.45, 2.75) is 108 Å². The van der Waals surface area contributed by atoms with Gasteiger partial charge in [-0.05, 0) is 56.6 Å². The van der Waals surface area contributed by atoms with Crippen molar-refractivity contribution in [1.82, 2.24) is 24.3 Å². The van der Waals surface area contributed by atoms with E-state index in [1.807, 2.05) is 30.5 Å². The lowest BCUT2D eigenvalue weighted by Crippen LogP contribution is -2.48. The lowest BCUT2D eigenvalue weighted by atomic mass is 10.1. The Morgan fingerprint density at radius 3 is 2.54 bits per heavy atom. The van der Waals surface area contributed by atoms with Crippen LogP contribution < -0.4 is 19.5 Å². The summed E-state index contributed by atoms with van der Waals surface area (Å²) in [6.07, 6.45) is 4.88. The van der Waals surface area contributed by atoms with E-state index in [4.69, 9.17) is 19.4 Å². The highest BCUT2D eigenvalue weighted by atomic mass is 32.2. The fourth-order valence-corrected chi connectivity index (χ4v) is 11.6. The van der Waals surface area contributed by atoms with Crippen molar-refractivity contribution in [3.63, 3.8) is 0 Å². The Balaban J connectivity index is 1.17. The molecule has 0 bridgehead atoms. The third-order valence-electron chi connectivity index (χ3n) is 10.8. The molecule has 2 saturated heterocycles. The number of aryl methyl sites for hydroxylation is 1. The van der Waals surface area contributed by atoms with E-state index in [1.54, 1.807) is 7.11 Å². The number of fused-ring (bicyclic) bond motifs is 3. The molecule has 4 aliphatic rings. The molecule has 2 N–H and O–H groups in total. The zero-order valence-electron chi connectivity index (χ0n) is 30.0. The topological polar surface area (TPSA) is 174 Å². The maximum absolute atomic E-state index is 14.0. The predicted octanol–water partition coefficient (Wildman–Crippen LogP) is 4.64. The van der Waals surface area contributed by atoms with Crippen LogP contribution in [0.15, 0.2) is 23.6 Å². The van der Waals surface area contributed by atoms with Gasteiger partial charge in [-0.2, -0.15) is 4.31 Å². The molecule has 2 saturated carbocycles. The van der Waals surface area contributed by atoms with Crippen molar-refractivity contribution in [3.8, 4) is 22.2 Å². The summed E-state index contributed by atoms with van der Waals surface area (Å²) >= 11 is 1.49. The first-order chi connectivity index (χ1) is 24.8. The molecule has 0 unspecified atom stereocenters. The molecule has 4 fully saturated rings. The van der Waals surface area contributed by atoms with Crippen molar-refractivity contribution in [2.24, 2.45) is 11.8 Å². The van der Waals surface area contributed by atoms with Gasteiger partial charge in [0.1, 0.15) is 34.3 Å². The number of aromatic nitrogens is 2. The average molecular weight is 774 g/mol. The summed E-state index contributed by atoms with van der Waals surface area (Å²) in [4.78, 5) is 37.0. The molecule has 4 heterocycles. The number of benzene rings is 1. The van der Waals surface area contributed by atoms with E-state index in [2.05, 4.69) is 23.9 Å². The van der Waals surface area contributed by atoms with Crippen LogP contribution in [0, 0.1) is 18.8 Å². The minimum absolute atomic E-state index is 0.0267. The summed E-state index contributed by atoms with van der Waals surface area (Å²) < 4.78 is 68.6. The summed E-state index contributed by atoms with van der Waals surface area (Å²) in [5.74, 6) is -0.695. The molecule has 0 radical (unpaired) electrons. The molecule has 13 nitrogen and oxygen atoms in total. The van der Waals surface area contributed by atoms with Crippen LogP contribution in [0.5, 0.6) is 11.5 Å². The molecule has 2 aliphatic heterocycles. The number of nitrogens with zero attached hydrogens (tertiary/aromatic N) is 3. The van der Waals surface area contributed by atoms with Crippen LogP contribution in [0.3, 0.4) is 0 Å². The summed E-state index contributed by atoms with van der Waals surface area (Å²) in [6.45, 7) is 6.05. The Kier molecular flexibility index (Phi) is 10.3. The van der Waals surface area contributed by atoms with E-state index in [0.717, 1.165) is 47.3 Å². The molecular formula is C36H47N5O8S3. The van der Waals surface area contributed by atoms with Gasteiger partial charge in [-0.25, -0.2) is 26.8 Å². The summed E-state index contributed by atoms with van der Waals surface area (Å²) in [5.41, 5.74) is 3.06.